The predicted octanol–water partition coefficient (Wildman–Crippen LogP) is 2.16. The molecule has 3 rings (SSSR count). The molecule has 0 aromatic heterocycles. The van der Waals surface area contributed by atoms with Crippen LogP contribution in [-0.2, 0) is 0 Å². The Balaban J connectivity index is 1.74. The maximum Gasteiger partial charge on any atom is 0.231 e. The third-order valence-corrected chi connectivity index (χ3v) is 3.89. The van der Waals surface area contributed by atoms with Gasteiger partial charge >= 0.3 is 0 Å². The molecule has 0 amide bonds. The molecule has 0 radical (unpaired) electrons. The molecule has 1 aromatic rings. The van der Waals surface area contributed by atoms with Crippen LogP contribution in [0.15, 0.2) is 18.2 Å². The van der Waals surface area contributed by atoms with Crippen LogP contribution in [0.3, 0.4) is 0 Å². The Morgan fingerprint density at radius 1 is 1.32 bits per heavy atom. The summed E-state index contributed by atoms with van der Waals surface area (Å²) >= 11 is 0. The molecule has 4 nitrogen and oxygen atoms in total. The summed E-state index contributed by atoms with van der Waals surface area (Å²) in [5.74, 6) is 1.73. The fourth-order valence-corrected chi connectivity index (χ4v) is 2.62. The third-order valence-electron chi connectivity index (χ3n) is 3.89. The van der Waals surface area contributed by atoms with E-state index in [-0.39, 0.29) is 0 Å². The molecule has 0 bridgehead atoms. The molecular weight excluding hydrogens is 240 g/mol. The zero-order valence-electron chi connectivity index (χ0n) is 11.7. The summed E-state index contributed by atoms with van der Waals surface area (Å²) in [6.45, 7) is 4.50. The molecule has 1 aliphatic heterocycles. The van der Waals surface area contributed by atoms with Gasteiger partial charge in [-0.05, 0) is 44.1 Å². The van der Waals surface area contributed by atoms with Crippen LogP contribution in [0, 0.1) is 0 Å². The van der Waals surface area contributed by atoms with E-state index in [4.69, 9.17) is 9.47 Å². The summed E-state index contributed by atoms with van der Waals surface area (Å²) in [5, 5.41) is 3.57. The van der Waals surface area contributed by atoms with Crippen molar-refractivity contribution in [3.8, 4) is 11.5 Å². The third kappa shape index (κ3) is 2.85. The molecule has 1 fully saturated rings. The number of fused-ring (bicyclic) bond motifs is 1. The number of hydrogen-bond acceptors (Lipinski definition) is 4. The normalized spacial score (nSPS) is 18.9. The van der Waals surface area contributed by atoms with Gasteiger partial charge in [0.1, 0.15) is 0 Å². The fraction of sp³-hybridized carbons (Fsp3) is 0.600. The zero-order valence-corrected chi connectivity index (χ0v) is 11.7. The summed E-state index contributed by atoms with van der Waals surface area (Å²) in [4.78, 5) is 2.46. The van der Waals surface area contributed by atoms with Gasteiger partial charge in [0.05, 0.1) is 0 Å². The lowest BCUT2D eigenvalue weighted by Gasteiger charge is -2.25. The lowest BCUT2D eigenvalue weighted by atomic mass is 10.1. The average Bonchev–Trinajstić information content (AvgIpc) is 3.16. The Bertz CT molecular complexity index is 446. The van der Waals surface area contributed by atoms with Crippen molar-refractivity contribution in [1.29, 1.82) is 0 Å². The second kappa shape index (κ2) is 5.39. The highest BCUT2D eigenvalue weighted by molar-refractivity contribution is 5.45. The smallest absolute Gasteiger partial charge is 0.231 e. The van der Waals surface area contributed by atoms with Gasteiger partial charge in [-0.2, -0.15) is 0 Å². The van der Waals surface area contributed by atoms with Gasteiger partial charge in [-0.15, -0.1) is 0 Å². The van der Waals surface area contributed by atoms with Crippen LogP contribution in [0.1, 0.15) is 31.4 Å². The second-order valence-corrected chi connectivity index (χ2v) is 5.39. The number of hydrogen-bond donors (Lipinski definition) is 1. The summed E-state index contributed by atoms with van der Waals surface area (Å²) in [6, 6.07) is 7.40. The van der Waals surface area contributed by atoms with E-state index in [9.17, 15) is 0 Å². The van der Waals surface area contributed by atoms with E-state index in [0.717, 1.165) is 30.6 Å². The summed E-state index contributed by atoms with van der Waals surface area (Å²) in [5.41, 5.74) is 1.28. The molecule has 1 atom stereocenters. The topological polar surface area (TPSA) is 33.7 Å². The van der Waals surface area contributed by atoms with Crippen LogP contribution < -0.4 is 14.8 Å². The maximum atomic E-state index is 5.47. The number of ether oxygens (including phenoxy) is 2. The number of nitrogens with zero attached hydrogens (tertiary/aromatic N) is 1. The molecule has 1 aromatic carbocycles. The Hall–Kier alpha value is -1.26. The van der Waals surface area contributed by atoms with Crippen LogP contribution in [0.4, 0.5) is 0 Å². The van der Waals surface area contributed by atoms with Crippen molar-refractivity contribution in [2.45, 2.75) is 31.8 Å². The van der Waals surface area contributed by atoms with E-state index < -0.39 is 0 Å². The summed E-state index contributed by atoms with van der Waals surface area (Å²) < 4.78 is 10.8. The van der Waals surface area contributed by atoms with E-state index in [1.54, 1.807) is 0 Å². The molecular formula is C15H22N2O2. The van der Waals surface area contributed by atoms with Crippen LogP contribution >= 0.6 is 0 Å². The first-order valence-corrected chi connectivity index (χ1v) is 7.11. The molecule has 1 N–H and O–H groups in total. The number of nitrogens with one attached hydrogen (secondary N) is 1. The minimum Gasteiger partial charge on any atom is -0.454 e. The van der Waals surface area contributed by atoms with E-state index in [1.807, 2.05) is 6.07 Å². The first kappa shape index (κ1) is 12.8. The molecule has 19 heavy (non-hydrogen) atoms. The standard InChI is InChI=1S/C15H22N2O2/c1-3-16-13(9-17(2)12-5-6-12)11-4-7-14-15(8-11)19-10-18-14/h4,7-8,12-13,16H,3,5-6,9-10H2,1-2H3. The number of likely N-dealkylation sites (N-methyl/N-ethyl adjacent to an activating group) is 2. The summed E-state index contributed by atoms with van der Waals surface area (Å²) in [6.07, 6.45) is 2.69. The molecule has 1 heterocycles. The van der Waals surface area contributed by atoms with Crippen molar-refractivity contribution in [2.75, 3.05) is 26.9 Å². The molecule has 0 saturated heterocycles. The van der Waals surface area contributed by atoms with Crippen LogP contribution in [0.25, 0.3) is 0 Å². The Kier molecular flexibility index (Phi) is 3.62. The molecule has 1 saturated carbocycles. The Morgan fingerprint density at radius 2 is 2.11 bits per heavy atom. The first-order valence-electron chi connectivity index (χ1n) is 7.11. The van der Waals surface area contributed by atoms with Crippen molar-refractivity contribution < 1.29 is 9.47 Å². The number of rotatable bonds is 6. The van der Waals surface area contributed by atoms with Crippen molar-refractivity contribution in [1.82, 2.24) is 10.2 Å². The van der Waals surface area contributed by atoms with Gasteiger partial charge in [0.25, 0.3) is 0 Å². The maximum absolute atomic E-state index is 5.47. The van der Waals surface area contributed by atoms with Crippen molar-refractivity contribution in [3.63, 3.8) is 0 Å². The molecule has 1 unspecified atom stereocenters. The van der Waals surface area contributed by atoms with Gasteiger partial charge in [-0.25, -0.2) is 0 Å². The van der Waals surface area contributed by atoms with Crippen LogP contribution in [0.5, 0.6) is 11.5 Å². The highest BCUT2D eigenvalue weighted by atomic mass is 16.7. The Morgan fingerprint density at radius 3 is 2.84 bits per heavy atom. The lowest BCUT2D eigenvalue weighted by molar-refractivity contribution is 0.174. The van der Waals surface area contributed by atoms with Crippen molar-refractivity contribution in [2.24, 2.45) is 0 Å². The van der Waals surface area contributed by atoms with Gasteiger partial charge in [-0.3, -0.25) is 0 Å². The van der Waals surface area contributed by atoms with Gasteiger partial charge in [0.15, 0.2) is 11.5 Å². The largest absolute Gasteiger partial charge is 0.454 e. The first-order chi connectivity index (χ1) is 9.28. The van der Waals surface area contributed by atoms with Crippen LogP contribution in [0.2, 0.25) is 0 Å². The van der Waals surface area contributed by atoms with Crippen molar-refractivity contribution in [3.05, 3.63) is 23.8 Å². The Labute approximate surface area is 114 Å². The monoisotopic (exact) mass is 262 g/mol. The SMILES string of the molecule is CCNC(CN(C)C1CC1)c1ccc2c(c1)OCO2. The second-order valence-electron chi connectivity index (χ2n) is 5.39. The number of benzene rings is 1. The van der Waals surface area contributed by atoms with Crippen LogP contribution in [-0.4, -0.2) is 37.9 Å². The van der Waals surface area contributed by atoms with E-state index in [2.05, 4.69) is 36.3 Å². The molecule has 2 aliphatic rings. The summed E-state index contributed by atoms with van der Waals surface area (Å²) in [7, 11) is 2.22. The molecule has 0 spiro atoms. The van der Waals surface area contributed by atoms with E-state index in [0.29, 0.717) is 12.8 Å². The molecule has 1 aliphatic carbocycles. The molecule has 4 heteroatoms. The van der Waals surface area contributed by atoms with Gasteiger partial charge in [-0.1, -0.05) is 13.0 Å². The highest BCUT2D eigenvalue weighted by Crippen LogP contribution is 2.35. The minimum absolute atomic E-state index is 0.340. The lowest BCUT2D eigenvalue weighted by Crippen LogP contribution is -2.34. The van der Waals surface area contributed by atoms with E-state index in [1.165, 1.54) is 18.4 Å². The highest BCUT2D eigenvalue weighted by Gasteiger charge is 2.28. The predicted molar refractivity (Wildman–Crippen MR) is 74.6 cm³/mol. The average molecular weight is 262 g/mol. The minimum atomic E-state index is 0.340. The van der Waals surface area contributed by atoms with E-state index >= 15 is 0 Å². The van der Waals surface area contributed by atoms with Crippen molar-refractivity contribution >= 4 is 0 Å². The quantitative estimate of drug-likeness (QED) is 0.852. The fourth-order valence-electron chi connectivity index (χ4n) is 2.62. The van der Waals surface area contributed by atoms with Gasteiger partial charge in [0.2, 0.25) is 6.79 Å². The molecule has 104 valence electrons. The van der Waals surface area contributed by atoms with Gasteiger partial charge in [0, 0.05) is 18.6 Å². The van der Waals surface area contributed by atoms with Gasteiger partial charge < -0.3 is 19.7 Å². The zero-order chi connectivity index (χ0) is 13.2.